The lowest BCUT2D eigenvalue weighted by atomic mass is 10.00. The van der Waals surface area contributed by atoms with Gasteiger partial charge in [0.1, 0.15) is 19.3 Å². The van der Waals surface area contributed by atoms with Crippen molar-refractivity contribution in [2.75, 3.05) is 39.6 Å². The number of ether oxygens (including phenoxy) is 4. The van der Waals surface area contributed by atoms with Crippen molar-refractivity contribution >= 4 is 39.5 Å². The lowest BCUT2D eigenvalue weighted by molar-refractivity contribution is -0.161. The first-order valence-electron chi connectivity index (χ1n) is 43.7. The minimum Gasteiger partial charge on any atom is -0.462 e. The first-order valence-corrected chi connectivity index (χ1v) is 46.7. The molecular formula is C84H164O17P2. The van der Waals surface area contributed by atoms with Crippen LogP contribution in [0.1, 0.15) is 452 Å². The largest absolute Gasteiger partial charge is 0.472 e. The Balaban J connectivity index is 5.22. The maximum absolute atomic E-state index is 13.1. The zero-order valence-corrected chi connectivity index (χ0v) is 69.3. The Bertz CT molecular complexity index is 1960. The number of carbonyl (C=O) groups is 4. The molecule has 19 heteroatoms. The van der Waals surface area contributed by atoms with Gasteiger partial charge in [-0.05, 0) is 31.6 Å². The summed E-state index contributed by atoms with van der Waals surface area (Å²) in [6.07, 6.45) is 69.5. The lowest BCUT2D eigenvalue weighted by Gasteiger charge is -2.21. The summed E-state index contributed by atoms with van der Waals surface area (Å²) in [6.45, 7) is 7.31. The molecule has 103 heavy (non-hydrogen) atoms. The molecule has 0 amide bonds. The lowest BCUT2D eigenvalue weighted by Crippen LogP contribution is -2.30. The number of aliphatic hydroxyl groups excluding tert-OH is 1. The molecule has 0 rings (SSSR count). The van der Waals surface area contributed by atoms with Gasteiger partial charge in [0.25, 0.3) is 0 Å². The second kappa shape index (κ2) is 76.8. The van der Waals surface area contributed by atoms with Crippen LogP contribution < -0.4 is 0 Å². The molecule has 0 bridgehead atoms. The van der Waals surface area contributed by atoms with Crippen LogP contribution in [0.4, 0.5) is 0 Å². The molecule has 0 spiro atoms. The van der Waals surface area contributed by atoms with E-state index in [0.717, 1.165) is 102 Å². The second-order valence-corrected chi connectivity index (χ2v) is 33.4. The molecule has 0 aliphatic carbocycles. The van der Waals surface area contributed by atoms with Crippen LogP contribution in [-0.4, -0.2) is 96.7 Å². The molecule has 0 fully saturated rings. The highest BCUT2D eigenvalue weighted by molar-refractivity contribution is 7.47. The molecule has 612 valence electrons. The molecular weight excluding hydrogens is 1340 g/mol. The molecule has 0 aliphatic rings. The van der Waals surface area contributed by atoms with Crippen LogP contribution in [0.2, 0.25) is 0 Å². The number of aliphatic hydroxyl groups is 1. The molecule has 6 atom stereocenters. The molecule has 0 aromatic carbocycles. The SMILES string of the molecule is CCCCCCCCCCCCCCCCCCCCCCCC(=O)O[C@H](COC(=O)CCCCCCCCCCCCCCCCCC)COP(=O)(O)OC[C@@H](O)COP(=O)(O)OC[C@@H](COC(=O)CCCCCCCCC(C)CC)OC(=O)CCCCCCCCCCCCCCCCCC. The van der Waals surface area contributed by atoms with Gasteiger partial charge in [0, 0.05) is 25.7 Å². The summed E-state index contributed by atoms with van der Waals surface area (Å²) in [7, 11) is -9.92. The van der Waals surface area contributed by atoms with E-state index in [2.05, 4.69) is 34.6 Å². The van der Waals surface area contributed by atoms with Crippen LogP contribution in [0.15, 0.2) is 0 Å². The summed E-state index contributed by atoms with van der Waals surface area (Å²) < 4.78 is 68.8. The van der Waals surface area contributed by atoms with Gasteiger partial charge in [-0.15, -0.1) is 0 Å². The van der Waals surface area contributed by atoms with Crippen molar-refractivity contribution in [2.45, 2.75) is 470 Å². The van der Waals surface area contributed by atoms with Gasteiger partial charge in [0.2, 0.25) is 0 Å². The van der Waals surface area contributed by atoms with Crippen molar-refractivity contribution in [3.05, 3.63) is 0 Å². The Kier molecular flexibility index (Phi) is 75.4. The maximum Gasteiger partial charge on any atom is 0.472 e. The minimum atomic E-state index is -4.96. The number of phosphoric acid groups is 2. The van der Waals surface area contributed by atoms with Crippen LogP contribution in [-0.2, 0) is 65.4 Å². The van der Waals surface area contributed by atoms with Crippen molar-refractivity contribution in [3.63, 3.8) is 0 Å². The average Bonchev–Trinajstić information content (AvgIpc) is 0.949. The van der Waals surface area contributed by atoms with E-state index in [4.69, 9.17) is 37.0 Å². The predicted octanol–water partition coefficient (Wildman–Crippen LogP) is 25.6. The molecule has 0 aromatic rings. The summed E-state index contributed by atoms with van der Waals surface area (Å²) >= 11 is 0. The summed E-state index contributed by atoms with van der Waals surface area (Å²) in [6, 6.07) is 0. The fourth-order valence-electron chi connectivity index (χ4n) is 13.1. The van der Waals surface area contributed by atoms with Crippen LogP contribution in [0.5, 0.6) is 0 Å². The van der Waals surface area contributed by atoms with Gasteiger partial charge in [-0.2, -0.15) is 0 Å². The normalized spacial score (nSPS) is 14.1. The van der Waals surface area contributed by atoms with Gasteiger partial charge in [-0.1, -0.05) is 401 Å². The van der Waals surface area contributed by atoms with E-state index in [1.165, 1.54) is 270 Å². The Hall–Kier alpha value is -1.94. The van der Waals surface area contributed by atoms with Crippen LogP contribution in [0, 0.1) is 5.92 Å². The molecule has 0 aromatic heterocycles. The monoisotopic (exact) mass is 1510 g/mol. The van der Waals surface area contributed by atoms with Gasteiger partial charge < -0.3 is 33.8 Å². The zero-order chi connectivity index (χ0) is 75.5. The first-order chi connectivity index (χ1) is 50.1. The van der Waals surface area contributed by atoms with E-state index in [1.807, 2.05) is 0 Å². The Morgan fingerprint density at radius 1 is 0.272 bits per heavy atom. The topological polar surface area (TPSA) is 237 Å². The molecule has 0 aliphatic heterocycles. The van der Waals surface area contributed by atoms with Gasteiger partial charge in [0.05, 0.1) is 26.4 Å². The third-order valence-electron chi connectivity index (χ3n) is 20.1. The summed E-state index contributed by atoms with van der Waals surface area (Å²) in [5.41, 5.74) is 0. The van der Waals surface area contributed by atoms with E-state index in [1.54, 1.807) is 0 Å². The van der Waals surface area contributed by atoms with Crippen molar-refractivity contribution < 1.29 is 80.2 Å². The van der Waals surface area contributed by atoms with E-state index in [9.17, 15) is 43.2 Å². The predicted molar refractivity (Wildman–Crippen MR) is 423 cm³/mol. The highest BCUT2D eigenvalue weighted by Crippen LogP contribution is 2.45. The van der Waals surface area contributed by atoms with E-state index < -0.39 is 97.5 Å². The summed E-state index contributed by atoms with van der Waals surface area (Å²) in [4.78, 5) is 73.1. The Labute approximate surface area is 632 Å². The number of esters is 4. The highest BCUT2D eigenvalue weighted by Gasteiger charge is 2.30. The maximum atomic E-state index is 13.1. The number of phosphoric ester groups is 2. The van der Waals surface area contributed by atoms with Crippen molar-refractivity contribution in [2.24, 2.45) is 5.92 Å². The van der Waals surface area contributed by atoms with Gasteiger partial charge in [-0.25, -0.2) is 9.13 Å². The molecule has 0 heterocycles. The highest BCUT2D eigenvalue weighted by atomic mass is 31.2. The molecule has 3 unspecified atom stereocenters. The molecule has 3 N–H and O–H groups in total. The second-order valence-electron chi connectivity index (χ2n) is 30.5. The van der Waals surface area contributed by atoms with Crippen LogP contribution in [0.3, 0.4) is 0 Å². The number of rotatable bonds is 84. The summed E-state index contributed by atoms with van der Waals surface area (Å²) in [5, 5.41) is 10.7. The van der Waals surface area contributed by atoms with E-state index in [0.29, 0.717) is 25.7 Å². The average molecular weight is 1510 g/mol. The van der Waals surface area contributed by atoms with Gasteiger partial charge >= 0.3 is 39.5 Å². The first kappa shape index (κ1) is 101. The van der Waals surface area contributed by atoms with Crippen molar-refractivity contribution in [1.29, 1.82) is 0 Å². The third-order valence-corrected chi connectivity index (χ3v) is 22.0. The van der Waals surface area contributed by atoms with Crippen LogP contribution in [0.25, 0.3) is 0 Å². The van der Waals surface area contributed by atoms with Gasteiger partial charge in [-0.3, -0.25) is 37.3 Å². The molecule has 17 nitrogen and oxygen atoms in total. The standard InChI is InChI=1S/C84H164O17P2/c1-6-10-13-16-19-22-25-28-31-34-35-36-37-38-41-44-47-50-53-60-65-69-83(88)100-79(73-94-81(86)67-62-57-51-48-45-42-39-32-29-26-23-20-17-14-11-7-2)75-98-102(90,91)96-71-78(85)72-97-103(92,93)99-76-80(74-95-82(87)68-63-58-55-54-56-61-66-77(5)9-4)101-84(89)70-64-59-52-49-46-43-40-33-30-27-24-21-18-15-12-8-3/h77-80,85H,6-76H2,1-5H3,(H,90,91)(H,92,93)/t77?,78-,79-,80-/m1/s1. The fraction of sp³-hybridized carbons (Fsp3) is 0.952. The fourth-order valence-corrected chi connectivity index (χ4v) is 14.7. The number of hydrogen-bond acceptors (Lipinski definition) is 15. The van der Waals surface area contributed by atoms with Crippen molar-refractivity contribution in [1.82, 2.24) is 0 Å². The summed E-state index contributed by atoms with van der Waals surface area (Å²) in [5.74, 6) is -1.37. The number of unbranched alkanes of at least 4 members (excludes halogenated alkanes) is 55. The van der Waals surface area contributed by atoms with E-state index in [-0.39, 0.29) is 25.7 Å². The zero-order valence-electron chi connectivity index (χ0n) is 67.5. The van der Waals surface area contributed by atoms with Crippen LogP contribution >= 0.6 is 15.6 Å². The van der Waals surface area contributed by atoms with Gasteiger partial charge in [0.15, 0.2) is 12.2 Å². The number of carbonyl (C=O) groups excluding carboxylic acids is 4. The third kappa shape index (κ3) is 76.6. The van der Waals surface area contributed by atoms with E-state index >= 15 is 0 Å². The number of hydrogen-bond donors (Lipinski definition) is 3. The smallest absolute Gasteiger partial charge is 0.462 e. The quantitative estimate of drug-likeness (QED) is 0.0222. The molecule has 0 radical (unpaired) electrons. The van der Waals surface area contributed by atoms with Crippen molar-refractivity contribution in [3.8, 4) is 0 Å². The Morgan fingerprint density at radius 2 is 0.466 bits per heavy atom. The molecule has 0 saturated carbocycles. The molecule has 0 saturated heterocycles. The Morgan fingerprint density at radius 3 is 0.689 bits per heavy atom. The minimum absolute atomic E-state index is 0.108.